The minimum absolute atomic E-state index is 0.0142. The largest absolute Gasteiger partial charge is 0.506 e. The normalized spacial score (nSPS) is 11.8. The van der Waals surface area contributed by atoms with Gasteiger partial charge in [-0.25, -0.2) is 5.43 Å². The van der Waals surface area contributed by atoms with Crippen molar-refractivity contribution in [2.75, 3.05) is 6.54 Å². The Morgan fingerprint density at radius 2 is 1.73 bits per heavy atom. The summed E-state index contributed by atoms with van der Waals surface area (Å²) in [6.07, 6.45) is 0.0396. The van der Waals surface area contributed by atoms with Gasteiger partial charge in [-0.05, 0) is 57.5 Å². The summed E-state index contributed by atoms with van der Waals surface area (Å²) in [6.45, 7) is 7.08. The summed E-state index contributed by atoms with van der Waals surface area (Å²) in [5.41, 5.74) is 3.41. The number of nitrogens with one attached hydrogen (secondary N) is 2. The van der Waals surface area contributed by atoms with Gasteiger partial charge in [-0.2, -0.15) is 5.10 Å². The number of carbonyl (C=O) groups excluding carboxylic acids is 3. The van der Waals surface area contributed by atoms with Crippen LogP contribution in [0, 0.1) is 0 Å². The van der Waals surface area contributed by atoms with E-state index in [2.05, 4.69) is 15.8 Å². The number of hydrazone groups is 1. The van der Waals surface area contributed by atoms with E-state index in [9.17, 15) is 19.5 Å². The number of rotatable bonds is 8. The molecule has 0 aliphatic heterocycles. The van der Waals surface area contributed by atoms with Crippen molar-refractivity contribution in [3.05, 3.63) is 61.1 Å². The van der Waals surface area contributed by atoms with Crippen LogP contribution in [-0.2, 0) is 9.53 Å². The van der Waals surface area contributed by atoms with Crippen LogP contribution >= 0.6 is 45.9 Å². The highest BCUT2D eigenvalue weighted by Crippen LogP contribution is 2.40. The molecule has 1 aromatic carbocycles. The number of amides is 2. The van der Waals surface area contributed by atoms with Gasteiger partial charge in [0.1, 0.15) is 11.4 Å². The summed E-state index contributed by atoms with van der Waals surface area (Å²) in [7, 11) is 0. The Kier molecular flexibility index (Phi) is 9.36. The van der Waals surface area contributed by atoms with Gasteiger partial charge >= 0.3 is 5.97 Å². The Bertz CT molecular complexity index is 1360. The lowest BCUT2D eigenvalue weighted by Gasteiger charge is -2.19. The molecule has 8 nitrogen and oxygen atoms in total. The SMILES string of the molecule is C/C(=N/NC(=O)c1ccc(C(=O)NCCC(=O)OC(C)(C)C)s1)c1csc(-c2ccc(Cl)c(Cl)c2)c1O. The molecule has 196 valence electrons. The highest BCUT2D eigenvalue weighted by molar-refractivity contribution is 7.16. The molecule has 3 N–H and O–H groups in total. The van der Waals surface area contributed by atoms with Crippen LogP contribution in [0.3, 0.4) is 0 Å². The van der Waals surface area contributed by atoms with Crippen molar-refractivity contribution < 1.29 is 24.2 Å². The fourth-order valence-electron chi connectivity index (χ4n) is 3.04. The molecule has 0 atom stereocenters. The van der Waals surface area contributed by atoms with Crippen LogP contribution < -0.4 is 10.7 Å². The number of esters is 1. The second kappa shape index (κ2) is 12.1. The number of benzene rings is 1. The number of halogens is 2. The number of hydrogen-bond acceptors (Lipinski definition) is 8. The third-order valence-corrected chi connectivity index (χ3v) is 7.59. The predicted octanol–water partition coefficient (Wildman–Crippen LogP) is 6.10. The van der Waals surface area contributed by atoms with E-state index in [-0.39, 0.29) is 23.6 Å². The van der Waals surface area contributed by atoms with Gasteiger partial charge in [0.25, 0.3) is 11.8 Å². The Morgan fingerprint density at radius 1 is 1.05 bits per heavy atom. The summed E-state index contributed by atoms with van der Waals surface area (Å²) in [4.78, 5) is 37.8. The van der Waals surface area contributed by atoms with Crippen LogP contribution in [-0.4, -0.2) is 40.7 Å². The molecule has 0 radical (unpaired) electrons. The number of nitrogens with zero attached hydrogens (tertiary/aromatic N) is 1. The Morgan fingerprint density at radius 3 is 2.38 bits per heavy atom. The topological polar surface area (TPSA) is 117 Å². The lowest BCUT2D eigenvalue weighted by molar-refractivity contribution is -0.154. The number of ether oxygens (including phenoxy) is 1. The Labute approximate surface area is 232 Å². The Balaban J connectivity index is 1.58. The van der Waals surface area contributed by atoms with Crippen molar-refractivity contribution in [2.24, 2.45) is 5.10 Å². The lowest BCUT2D eigenvalue weighted by Crippen LogP contribution is -2.29. The van der Waals surface area contributed by atoms with Crippen molar-refractivity contribution in [3.63, 3.8) is 0 Å². The molecule has 3 aromatic rings. The second-order valence-electron chi connectivity index (χ2n) is 8.85. The molecule has 0 aliphatic carbocycles. The molecule has 0 saturated heterocycles. The molecule has 3 rings (SSSR count). The van der Waals surface area contributed by atoms with Gasteiger partial charge in [-0.3, -0.25) is 14.4 Å². The van der Waals surface area contributed by atoms with Gasteiger partial charge in [-0.1, -0.05) is 29.3 Å². The van der Waals surface area contributed by atoms with E-state index in [1.807, 2.05) is 0 Å². The molecule has 0 aliphatic rings. The third kappa shape index (κ3) is 7.78. The monoisotopic (exact) mass is 581 g/mol. The van der Waals surface area contributed by atoms with Crippen molar-refractivity contribution in [2.45, 2.75) is 39.7 Å². The van der Waals surface area contributed by atoms with Gasteiger partial charge in [0, 0.05) is 11.9 Å². The van der Waals surface area contributed by atoms with E-state index in [4.69, 9.17) is 27.9 Å². The summed E-state index contributed by atoms with van der Waals surface area (Å²) >= 11 is 14.3. The van der Waals surface area contributed by atoms with Crippen molar-refractivity contribution in [1.82, 2.24) is 10.7 Å². The maximum absolute atomic E-state index is 12.5. The quantitative estimate of drug-likeness (QED) is 0.169. The second-order valence-corrected chi connectivity index (χ2v) is 11.6. The zero-order valence-corrected chi connectivity index (χ0v) is 23.6. The van der Waals surface area contributed by atoms with Crippen molar-refractivity contribution in [3.8, 4) is 16.2 Å². The smallest absolute Gasteiger partial charge is 0.308 e. The van der Waals surface area contributed by atoms with E-state index in [0.29, 0.717) is 36.6 Å². The molecule has 37 heavy (non-hydrogen) atoms. The van der Waals surface area contributed by atoms with Crippen LogP contribution in [0.4, 0.5) is 0 Å². The van der Waals surface area contributed by atoms with Gasteiger partial charge in [0.05, 0.1) is 42.4 Å². The highest BCUT2D eigenvalue weighted by Gasteiger charge is 2.19. The standard InChI is InChI=1S/C25H25Cl2N3O5S2/c1-13(15-12-36-22(21(15)32)14-5-6-16(26)17(27)11-14)29-30-24(34)19-8-7-18(37-19)23(33)28-10-9-20(31)35-25(2,3)4/h5-8,11-12,32H,9-10H2,1-4H3,(H,28,33)(H,30,34)/b29-13-. The van der Waals surface area contributed by atoms with Gasteiger partial charge in [0.15, 0.2) is 0 Å². The zero-order chi connectivity index (χ0) is 27.3. The first-order valence-electron chi connectivity index (χ1n) is 11.1. The lowest BCUT2D eigenvalue weighted by atomic mass is 10.1. The first kappa shape index (κ1) is 28.6. The van der Waals surface area contributed by atoms with Gasteiger partial charge in [-0.15, -0.1) is 22.7 Å². The summed E-state index contributed by atoms with van der Waals surface area (Å²) < 4.78 is 5.20. The molecule has 2 heterocycles. The van der Waals surface area contributed by atoms with Crippen LogP contribution in [0.2, 0.25) is 10.0 Å². The van der Waals surface area contributed by atoms with E-state index in [1.165, 1.54) is 23.5 Å². The zero-order valence-electron chi connectivity index (χ0n) is 20.5. The first-order chi connectivity index (χ1) is 17.4. The average molecular weight is 583 g/mol. The summed E-state index contributed by atoms with van der Waals surface area (Å²) in [6, 6.07) is 8.09. The number of carbonyl (C=O) groups is 3. The molecule has 0 fully saturated rings. The van der Waals surface area contributed by atoms with E-state index in [0.717, 1.165) is 11.3 Å². The minimum atomic E-state index is -0.590. The maximum atomic E-state index is 12.5. The highest BCUT2D eigenvalue weighted by atomic mass is 35.5. The van der Waals surface area contributed by atoms with E-state index in [1.54, 1.807) is 51.3 Å². The van der Waals surface area contributed by atoms with Crippen LogP contribution in [0.25, 0.3) is 10.4 Å². The van der Waals surface area contributed by atoms with Crippen molar-refractivity contribution in [1.29, 1.82) is 0 Å². The number of hydrogen-bond donors (Lipinski definition) is 3. The van der Waals surface area contributed by atoms with E-state index >= 15 is 0 Å². The number of thiophene rings is 2. The fourth-order valence-corrected chi connectivity index (χ4v) is 5.15. The maximum Gasteiger partial charge on any atom is 0.308 e. The molecule has 0 bridgehead atoms. The van der Waals surface area contributed by atoms with Gasteiger partial charge in [0.2, 0.25) is 0 Å². The Hall–Kier alpha value is -2.92. The van der Waals surface area contributed by atoms with E-state index < -0.39 is 23.4 Å². The first-order valence-corrected chi connectivity index (χ1v) is 13.5. The molecule has 0 unspecified atom stereocenters. The summed E-state index contributed by atoms with van der Waals surface area (Å²) in [5.74, 6) is -1.30. The summed E-state index contributed by atoms with van der Waals surface area (Å²) in [5, 5.41) is 19.9. The van der Waals surface area contributed by atoms with Gasteiger partial charge < -0.3 is 15.2 Å². The molecule has 2 aromatic heterocycles. The molecular formula is C25H25Cl2N3O5S2. The molecule has 2 amide bonds. The average Bonchev–Trinajstić information content (AvgIpc) is 3.45. The number of aromatic hydroxyl groups is 1. The van der Waals surface area contributed by atoms with Crippen LogP contribution in [0.15, 0.2) is 40.8 Å². The van der Waals surface area contributed by atoms with Crippen LogP contribution in [0.5, 0.6) is 5.75 Å². The molecule has 0 spiro atoms. The predicted molar refractivity (Wildman–Crippen MR) is 148 cm³/mol. The third-order valence-electron chi connectivity index (χ3n) is 4.75. The minimum Gasteiger partial charge on any atom is -0.506 e. The molecule has 0 saturated carbocycles. The fraction of sp³-hybridized carbons (Fsp3) is 0.280. The molecule has 12 heteroatoms. The molecular weight excluding hydrogens is 557 g/mol. The van der Waals surface area contributed by atoms with Crippen molar-refractivity contribution >= 4 is 69.4 Å². The van der Waals surface area contributed by atoms with Crippen LogP contribution in [0.1, 0.15) is 59.0 Å².